The third-order valence-electron chi connectivity index (χ3n) is 4.30. The van der Waals surface area contributed by atoms with Crippen molar-refractivity contribution < 1.29 is 19.4 Å². The zero-order valence-electron chi connectivity index (χ0n) is 14.0. The number of carbonyl (C=O) groups is 1. The fourth-order valence-corrected chi connectivity index (χ4v) is 3.07. The molecule has 0 amide bonds. The number of nitrogens with zero attached hydrogens (tertiary/aromatic N) is 2. The van der Waals surface area contributed by atoms with E-state index in [2.05, 4.69) is 9.88 Å². The van der Waals surface area contributed by atoms with Crippen LogP contribution in [0.15, 0.2) is 42.7 Å². The fraction of sp³-hybridized carbons (Fsp3) is 0.368. The molecule has 1 fully saturated rings. The predicted molar refractivity (Wildman–Crippen MR) is 93.4 cm³/mol. The lowest BCUT2D eigenvalue weighted by molar-refractivity contribution is -0.122. The van der Waals surface area contributed by atoms with Gasteiger partial charge in [0, 0.05) is 43.2 Å². The molecule has 0 bridgehead atoms. The molecule has 6 heteroatoms. The quantitative estimate of drug-likeness (QED) is 0.833. The van der Waals surface area contributed by atoms with Crippen molar-refractivity contribution in [3.8, 4) is 11.1 Å². The fourth-order valence-electron chi connectivity index (χ4n) is 3.07. The average Bonchev–Trinajstić information content (AvgIpc) is 2.65. The van der Waals surface area contributed by atoms with E-state index in [1.54, 1.807) is 18.5 Å². The number of piperidine rings is 1. The molecule has 1 aliphatic rings. The van der Waals surface area contributed by atoms with Gasteiger partial charge >= 0.3 is 0 Å². The number of hydrogen-bond donors (Lipinski definition) is 2. The van der Waals surface area contributed by atoms with Crippen LogP contribution in [0.1, 0.15) is 18.4 Å². The topological polar surface area (TPSA) is 73.7 Å². The van der Waals surface area contributed by atoms with Crippen LogP contribution in [0.2, 0.25) is 0 Å². The van der Waals surface area contributed by atoms with E-state index in [-0.39, 0.29) is 18.9 Å². The van der Waals surface area contributed by atoms with Gasteiger partial charge in [-0.1, -0.05) is 18.2 Å². The summed E-state index contributed by atoms with van der Waals surface area (Å²) >= 11 is 0. The van der Waals surface area contributed by atoms with E-state index < -0.39 is 0 Å². The highest BCUT2D eigenvalue weighted by molar-refractivity contribution is 5.62. The molecule has 3 rings (SSSR count). The van der Waals surface area contributed by atoms with Crippen LogP contribution in [0.25, 0.3) is 11.1 Å². The van der Waals surface area contributed by atoms with Gasteiger partial charge in [0.1, 0.15) is 5.82 Å². The number of benzene rings is 1. The largest absolute Gasteiger partial charge is 0.483 e. The molecule has 1 aliphatic heterocycles. The highest BCUT2D eigenvalue weighted by Crippen LogP contribution is 2.23. The van der Waals surface area contributed by atoms with Gasteiger partial charge < -0.3 is 10.2 Å². The first-order valence-corrected chi connectivity index (χ1v) is 8.27. The molecule has 0 aliphatic carbocycles. The molecular formula is C19H23FN2O3. The Morgan fingerprint density at radius 3 is 2.76 bits per heavy atom. The molecule has 0 spiro atoms. The van der Waals surface area contributed by atoms with Gasteiger partial charge in [-0.05, 0) is 43.0 Å². The summed E-state index contributed by atoms with van der Waals surface area (Å²) in [5.74, 6) is 0.152. The number of aromatic nitrogens is 1. The van der Waals surface area contributed by atoms with Crippen LogP contribution < -0.4 is 0 Å². The third-order valence-corrected chi connectivity index (χ3v) is 4.30. The summed E-state index contributed by atoms with van der Waals surface area (Å²) in [4.78, 5) is 14.7. The van der Waals surface area contributed by atoms with Gasteiger partial charge in [0.2, 0.25) is 0 Å². The molecule has 1 atom stereocenters. The van der Waals surface area contributed by atoms with Crippen molar-refractivity contribution in [2.75, 3.05) is 19.7 Å². The lowest BCUT2D eigenvalue weighted by Gasteiger charge is -2.31. The first-order chi connectivity index (χ1) is 12.2. The molecule has 1 aromatic heterocycles. The molecule has 25 heavy (non-hydrogen) atoms. The van der Waals surface area contributed by atoms with Crippen molar-refractivity contribution >= 4 is 6.47 Å². The maximum atomic E-state index is 14.4. The standard InChI is InChI=1S/C18H21FN2O.CH2O2/c19-18-9-15(16-4-1-7-20-10-16)5-6-17(18)12-21-8-2-3-14(11-21)13-22;2-1-3/h1,4-7,9-10,14,22H,2-3,8,11-13H2;1H,(H,2,3). The van der Waals surface area contributed by atoms with Gasteiger partial charge in [-0.2, -0.15) is 0 Å². The monoisotopic (exact) mass is 346 g/mol. The van der Waals surface area contributed by atoms with Crippen LogP contribution in [0, 0.1) is 11.7 Å². The van der Waals surface area contributed by atoms with E-state index in [1.807, 2.05) is 24.3 Å². The van der Waals surface area contributed by atoms with E-state index in [0.717, 1.165) is 37.1 Å². The summed E-state index contributed by atoms with van der Waals surface area (Å²) < 4.78 is 14.4. The summed E-state index contributed by atoms with van der Waals surface area (Å²) in [6, 6.07) is 9.17. The van der Waals surface area contributed by atoms with Crippen LogP contribution in [0.5, 0.6) is 0 Å². The SMILES string of the molecule is O=CO.OCC1CCCN(Cc2ccc(-c3cccnc3)cc2F)C1. The number of halogens is 1. The Hall–Kier alpha value is -2.31. The van der Waals surface area contributed by atoms with Crippen LogP contribution in [-0.4, -0.2) is 46.3 Å². The van der Waals surface area contributed by atoms with Crippen LogP contribution in [0.3, 0.4) is 0 Å². The first-order valence-electron chi connectivity index (χ1n) is 8.27. The molecule has 1 saturated heterocycles. The Kier molecular flexibility index (Phi) is 7.50. The van der Waals surface area contributed by atoms with Crippen molar-refractivity contribution in [1.82, 2.24) is 9.88 Å². The lowest BCUT2D eigenvalue weighted by Crippen LogP contribution is -2.36. The van der Waals surface area contributed by atoms with Crippen molar-refractivity contribution in [1.29, 1.82) is 0 Å². The van der Waals surface area contributed by atoms with E-state index in [9.17, 15) is 9.50 Å². The summed E-state index contributed by atoms with van der Waals surface area (Å²) in [5, 5.41) is 16.2. The summed E-state index contributed by atoms with van der Waals surface area (Å²) in [7, 11) is 0. The van der Waals surface area contributed by atoms with Crippen LogP contribution >= 0.6 is 0 Å². The molecular weight excluding hydrogens is 323 g/mol. The molecule has 2 heterocycles. The number of carboxylic acid groups (broad SMARTS) is 1. The molecule has 2 N–H and O–H groups in total. The first kappa shape index (κ1) is 19.0. The zero-order valence-corrected chi connectivity index (χ0v) is 14.0. The second-order valence-electron chi connectivity index (χ2n) is 6.08. The van der Waals surface area contributed by atoms with Gasteiger partial charge in [-0.15, -0.1) is 0 Å². The van der Waals surface area contributed by atoms with Crippen molar-refractivity contribution in [3.63, 3.8) is 0 Å². The molecule has 0 saturated carbocycles. The second-order valence-corrected chi connectivity index (χ2v) is 6.08. The number of hydrogen-bond acceptors (Lipinski definition) is 4. The summed E-state index contributed by atoms with van der Waals surface area (Å²) in [6.07, 6.45) is 5.59. The lowest BCUT2D eigenvalue weighted by atomic mass is 9.98. The maximum Gasteiger partial charge on any atom is 0.290 e. The third kappa shape index (κ3) is 5.62. The van der Waals surface area contributed by atoms with Gasteiger partial charge in [-0.25, -0.2) is 4.39 Å². The van der Waals surface area contributed by atoms with Gasteiger partial charge in [0.15, 0.2) is 0 Å². The second kappa shape index (κ2) is 9.86. The minimum Gasteiger partial charge on any atom is -0.483 e. The highest BCUT2D eigenvalue weighted by Gasteiger charge is 2.20. The Balaban J connectivity index is 0.000000701. The summed E-state index contributed by atoms with van der Waals surface area (Å²) in [5.41, 5.74) is 2.48. The molecule has 0 radical (unpaired) electrons. The van der Waals surface area contributed by atoms with Crippen LogP contribution in [-0.2, 0) is 11.3 Å². The molecule has 1 aromatic carbocycles. The van der Waals surface area contributed by atoms with Gasteiger partial charge in [0.05, 0.1) is 0 Å². The Morgan fingerprint density at radius 1 is 1.32 bits per heavy atom. The highest BCUT2D eigenvalue weighted by atomic mass is 19.1. The van der Waals surface area contributed by atoms with E-state index in [1.165, 1.54) is 0 Å². The Morgan fingerprint density at radius 2 is 2.12 bits per heavy atom. The van der Waals surface area contributed by atoms with E-state index in [4.69, 9.17) is 9.90 Å². The minimum atomic E-state index is -0.250. The predicted octanol–water partition coefficient (Wildman–Crippen LogP) is 2.79. The van der Waals surface area contributed by atoms with Crippen molar-refractivity contribution in [2.45, 2.75) is 19.4 Å². The Bertz CT molecular complexity index is 667. The van der Waals surface area contributed by atoms with Crippen molar-refractivity contribution in [3.05, 3.63) is 54.1 Å². The average molecular weight is 346 g/mol. The normalized spacial score (nSPS) is 17.4. The van der Waals surface area contributed by atoms with Crippen LogP contribution in [0.4, 0.5) is 4.39 Å². The van der Waals surface area contributed by atoms with E-state index >= 15 is 0 Å². The zero-order chi connectivity index (χ0) is 18.1. The molecule has 1 unspecified atom stereocenters. The number of aliphatic hydroxyl groups excluding tert-OH is 1. The maximum absolute atomic E-state index is 14.4. The number of rotatable bonds is 4. The number of likely N-dealkylation sites (tertiary alicyclic amines) is 1. The molecule has 134 valence electrons. The van der Waals surface area contributed by atoms with E-state index in [0.29, 0.717) is 18.0 Å². The minimum absolute atomic E-state index is 0.174. The Labute approximate surface area is 146 Å². The molecule has 5 nitrogen and oxygen atoms in total. The molecule has 2 aromatic rings. The summed E-state index contributed by atoms with van der Waals surface area (Å²) in [6.45, 7) is 2.40. The van der Waals surface area contributed by atoms with Crippen molar-refractivity contribution in [2.24, 2.45) is 5.92 Å². The smallest absolute Gasteiger partial charge is 0.290 e. The van der Waals surface area contributed by atoms with Gasteiger partial charge in [-0.3, -0.25) is 14.7 Å². The van der Waals surface area contributed by atoms with Gasteiger partial charge in [0.25, 0.3) is 6.47 Å². The number of pyridine rings is 1. The number of aliphatic hydroxyl groups is 1.